The van der Waals surface area contributed by atoms with E-state index in [1.54, 1.807) is 0 Å². The molecule has 3 heterocycles. The molecule has 25 heavy (non-hydrogen) atoms. The maximum atomic E-state index is 12.3. The molecule has 2 aliphatic heterocycles. The Balaban J connectivity index is 1.37. The molecule has 1 atom stereocenters. The number of thioether (sulfide) groups is 1. The van der Waals surface area contributed by atoms with Crippen molar-refractivity contribution in [3.05, 3.63) is 18.2 Å². The number of nitrogens with zero attached hydrogens (tertiary/aromatic N) is 3. The van der Waals surface area contributed by atoms with Gasteiger partial charge in [-0.15, -0.1) is 10.2 Å². The van der Waals surface area contributed by atoms with Crippen LogP contribution in [0, 0.1) is 5.92 Å². The summed E-state index contributed by atoms with van der Waals surface area (Å²) >= 11 is 1.28. The number of aromatic nitrogens is 2. The van der Waals surface area contributed by atoms with E-state index in [4.69, 9.17) is 13.9 Å². The first kappa shape index (κ1) is 16.3. The molecular weight excluding hydrogens is 342 g/mol. The molecule has 7 nitrogen and oxygen atoms in total. The van der Waals surface area contributed by atoms with Crippen LogP contribution in [0.3, 0.4) is 0 Å². The summed E-state index contributed by atoms with van der Waals surface area (Å²) < 4.78 is 16.3. The second-order valence-electron chi connectivity index (χ2n) is 6.32. The summed E-state index contributed by atoms with van der Waals surface area (Å²) in [4.78, 5) is 14.2. The van der Waals surface area contributed by atoms with Crippen molar-refractivity contribution < 1.29 is 18.7 Å². The number of rotatable bonds is 4. The molecule has 1 unspecified atom stereocenters. The van der Waals surface area contributed by atoms with Crippen LogP contribution in [0.5, 0.6) is 11.5 Å². The Kier molecular flexibility index (Phi) is 4.52. The Morgan fingerprint density at radius 2 is 2.20 bits per heavy atom. The molecule has 132 valence electrons. The van der Waals surface area contributed by atoms with Crippen LogP contribution in [0.4, 0.5) is 0 Å². The average molecular weight is 361 g/mol. The van der Waals surface area contributed by atoms with E-state index in [1.165, 1.54) is 18.2 Å². The van der Waals surface area contributed by atoms with Crippen molar-refractivity contribution in [1.82, 2.24) is 15.1 Å². The highest BCUT2D eigenvalue weighted by atomic mass is 32.2. The van der Waals surface area contributed by atoms with Gasteiger partial charge in [0.15, 0.2) is 11.5 Å². The molecule has 1 fully saturated rings. The summed E-state index contributed by atoms with van der Waals surface area (Å²) in [5, 5.41) is 8.47. The third-order valence-corrected chi connectivity index (χ3v) is 5.16. The summed E-state index contributed by atoms with van der Waals surface area (Å²) in [5.41, 5.74) is 0.764. The van der Waals surface area contributed by atoms with E-state index in [-0.39, 0.29) is 12.7 Å². The van der Waals surface area contributed by atoms with Gasteiger partial charge in [0.05, 0.1) is 5.75 Å². The number of amides is 1. The van der Waals surface area contributed by atoms with Crippen LogP contribution in [0.25, 0.3) is 11.5 Å². The molecule has 1 aromatic carbocycles. The van der Waals surface area contributed by atoms with Gasteiger partial charge in [0.1, 0.15) is 0 Å². The van der Waals surface area contributed by atoms with Gasteiger partial charge >= 0.3 is 0 Å². The summed E-state index contributed by atoms with van der Waals surface area (Å²) in [6.07, 6.45) is 2.27. The molecule has 0 spiro atoms. The van der Waals surface area contributed by atoms with Gasteiger partial charge in [0.25, 0.3) is 5.22 Å². The van der Waals surface area contributed by atoms with Gasteiger partial charge in [-0.05, 0) is 37.0 Å². The lowest BCUT2D eigenvalue weighted by Gasteiger charge is -2.30. The molecule has 2 aromatic rings. The normalized spacial score (nSPS) is 19.2. The van der Waals surface area contributed by atoms with Crippen LogP contribution >= 0.6 is 11.8 Å². The Morgan fingerprint density at radius 1 is 1.32 bits per heavy atom. The largest absolute Gasteiger partial charge is 0.454 e. The quantitative estimate of drug-likeness (QED) is 0.775. The van der Waals surface area contributed by atoms with Crippen LogP contribution in [-0.2, 0) is 4.79 Å². The SMILES string of the molecule is CC1CCCN(C(=O)CSc2nnc(-c3ccc4c(c3)OCO4)o2)C1. The number of hydrogen-bond donors (Lipinski definition) is 0. The molecular formula is C17H19N3O4S. The van der Waals surface area contributed by atoms with Crippen molar-refractivity contribution in [1.29, 1.82) is 0 Å². The average Bonchev–Trinajstić information content (AvgIpc) is 3.28. The van der Waals surface area contributed by atoms with E-state index in [9.17, 15) is 4.79 Å². The number of piperidine rings is 1. The van der Waals surface area contributed by atoms with Gasteiger partial charge < -0.3 is 18.8 Å². The third-order valence-electron chi connectivity index (χ3n) is 4.35. The second kappa shape index (κ2) is 6.95. The Labute approximate surface area is 149 Å². The zero-order valence-corrected chi connectivity index (χ0v) is 14.8. The van der Waals surface area contributed by atoms with Gasteiger partial charge in [-0.1, -0.05) is 18.7 Å². The molecule has 8 heteroatoms. The van der Waals surface area contributed by atoms with E-state index in [0.717, 1.165) is 25.1 Å². The summed E-state index contributed by atoms with van der Waals surface area (Å²) in [5.74, 6) is 2.79. The molecule has 1 aromatic heterocycles. The van der Waals surface area contributed by atoms with Gasteiger partial charge in [-0.2, -0.15) is 0 Å². The summed E-state index contributed by atoms with van der Waals surface area (Å²) in [6, 6.07) is 5.47. The smallest absolute Gasteiger partial charge is 0.277 e. The van der Waals surface area contributed by atoms with Crippen molar-refractivity contribution in [2.45, 2.75) is 25.0 Å². The molecule has 1 saturated heterocycles. The molecule has 0 bridgehead atoms. The first-order chi connectivity index (χ1) is 12.2. The number of fused-ring (bicyclic) bond motifs is 1. The predicted molar refractivity (Wildman–Crippen MR) is 91.6 cm³/mol. The number of carbonyl (C=O) groups is 1. The Hall–Kier alpha value is -2.22. The molecule has 1 amide bonds. The fraction of sp³-hybridized carbons (Fsp3) is 0.471. The predicted octanol–water partition coefficient (Wildman–Crippen LogP) is 2.82. The molecule has 4 rings (SSSR count). The highest BCUT2D eigenvalue weighted by molar-refractivity contribution is 7.99. The molecule has 2 aliphatic rings. The highest BCUT2D eigenvalue weighted by Gasteiger charge is 2.22. The highest BCUT2D eigenvalue weighted by Crippen LogP contribution is 2.36. The van der Waals surface area contributed by atoms with Gasteiger partial charge in [0, 0.05) is 18.7 Å². The minimum atomic E-state index is 0.124. The standard InChI is InChI=1S/C17H19N3O4S/c1-11-3-2-6-20(8-11)15(21)9-25-17-19-18-16(24-17)12-4-5-13-14(7-12)23-10-22-13/h4-5,7,11H,2-3,6,8-10H2,1H3. The van der Waals surface area contributed by atoms with Crippen LogP contribution < -0.4 is 9.47 Å². The number of carbonyl (C=O) groups excluding carboxylic acids is 1. The number of benzene rings is 1. The van der Waals surface area contributed by atoms with Gasteiger partial charge in [-0.3, -0.25) is 4.79 Å². The number of hydrogen-bond acceptors (Lipinski definition) is 7. The molecule has 0 radical (unpaired) electrons. The fourth-order valence-electron chi connectivity index (χ4n) is 3.05. The van der Waals surface area contributed by atoms with Crippen molar-refractivity contribution >= 4 is 17.7 Å². The second-order valence-corrected chi connectivity index (χ2v) is 7.24. The first-order valence-corrected chi connectivity index (χ1v) is 9.32. The van der Waals surface area contributed by atoms with Crippen LogP contribution in [0.1, 0.15) is 19.8 Å². The van der Waals surface area contributed by atoms with Crippen molar-refractivity contribution in [3.63, 3.8) is 0 Å². The van der Waals surface area contributed by atoms with Crippen molar-refractivity contribution in [2.24, 2.45) is 5.92 Å². The van der Waals surface area contributed by atoms with E-state index >= 15 is 0 Å². The van der Waals surface area contributed by atoms with Gasteiger partial charge in [-0.25, -0.2) is 0 Å². The van der Waals surface area contributed by atoms with Gasteiger partial charge in [0.2, 0.25) is 18.6 Å². The molecule has 0 N–H and O–H groups in total. The van der Waals surface area contributed by atoms with Crippen molar-refractivity contribution in [2.75, 3.05) is 25.6 Å². The Morgan fingerprint density at radius 3 is 3.08 bits per heavy atom. The monoisotopic (exact) mass is 361 g/mol. The summed E-state index contributed by atoms with van der Waals surface area (Å²) in [6.45, 7) is 4.09. The third kappa shape index (κ3) is 3.58. The lowest BCUT2D eigenvalue weighted by Crippen LogP contribution is -2.40. The lowest BCUT2D eigenvalue weighted by atomic mass is 10.0. The zero-order valence-electron chi connectivity index (χ0n) is 13.9. The number of likely N-dealkylation sites (tertiary alicyclic amines) is 1. The first-order valence-electron chi connectivity index (χ1n) is 8.33. The molecule has 0 saturated carbocycles. The maximum absolute atomic E-state index is 12.3. The zero-order chi connectivity index (χ0) is 17.2. The number of ether oxygens (including phenoxy) is 2. The molecule has 0 aliphatic carbocycles. The van der Waals surface area contributed by atoms with Crippen LogP contribution in [0.15, 0.2) is 27.8 Å². The van der Waals surface area contributed by atoms with E-state index in [1.807, 2.05) is 23.1 Å². The van der Waals surface area contributed by atoms with E-state index < -0.39 is 0 Å². The van der Waals surface area contributed by atoms with Crippen LogP contribution in [-0.4, -0.2) is 46.6 Å². The van der Waals surface area contributed by atoms with Crippen LogP contribution in [0.2, 0.25) is 0 Å². The lowest BCUT2D eigenvalue weighted by molar-refractivity contribution is -0.130. The topological polar surface area (TPSA) is 77.7 Å². The summed E-state index contributed by atoms with van der Waals surface area (Å²) in [7, 11) is 0. The maximum Gasteiger partial charge on any atom is 0.277 e. The Bertz CT molecular complexity index is 779. The van der Waals surface area contributed by atoms with E-state index in [0.29, 0.717) is 34.3 Å². The van der Waals surface area contributed by atoms with Crippen molar-refractivity contribution in [3.8, 4) is 23.0 Å². The minimum absolute atomic E-state index is 0.124. The minimum Gasteiger partial charge on any atom is -0.454 e. The fourth-order valence-corrected chi connectivity index (χ4v) is 3.71. The van der Waals surface area contributed by atoms with E-state index in [2.05, 4.69) is 17.1 Å².